The molecule has 0 aromatic carbocycles. The Labute approximate surface area is 60.0 Å². The molecule has 1 aliphatic carbocycles. The quantitative estimate of drug-likeness (QED) is 0.573. The number of esters is 1. The van der Waals surface area contributed by atoms with Crippen LogP contribution in [0, 0.1) is 0 Å². The lowest BCUT2D eigenvalue weighted by Gasteiger charge is -2.30. The van der Waals surface area contributed by atoms with Gasteiger partial charge in [-0.25, -0.2) is 0 Å². The van der Waals surface area contributed by atoms with E-state index in [4.69, 9.17) is 9.84 Å². The van der Waals surface area contributed by atoms with Crippen molar-refractivity contribution < 1.29 is 14.6 Å². The molecule has 0 aromatic rings. The zero-order chi connectivity index (χ0) is 7.56. The molecule has 0 bridgehead atoms. The summed E-state index contributed by atoms with van der Waals surface area (Å²) in [5.74, 6) is -0.170. The van der Waals surface area contributed by atoms with Crippen LogP contribution in [0.1, 0.15) is 26.2 Å². The van der Waals surface area contributed by atoms with Crippen LogP contribution in [0.4, 0.5) is 0 Å². The maximum atomic E-state index is 10.6. The maximum Gasteiger partial charge on any atom is 0.305 e. The third kappa shape index (κ3) is 1.70. The van der Waals surface area contributed by atoms with Gasteiger partial charge in [0.25, 0.3) is 0 Å². The zero-order valence-corrected chi connectivity index (χ0v) is 6.04. The van der Waals surface area contributed by atoms with Crippen LogP contribution in [0.5, 0.6) is 0 Å². The van der Waals surface area contributed by atoms with Gasteiger partial charge in [-0.15, -0.1) is 0 Å². The molecule has 0 amide bonds. The van der Waals surface area contributed by atoms with Crippen LogP contribution >= 0.6 is 0 Å². The molecule has 1 aliphatic rings. The molecule has 1 rings (SSSR count). The molecule has 0 heterocycles. The van der Waals surface area contributed by atoms with E-state index in [2.05, 4.69) is 0 Å². The molecule has 3 nitrogen and oxygen atoms in total. The lowest BCUT2D eigenvalue weighted by atomic mass is 9.92. The number of hydrogen-bond donors (Lipinski definition) is 1. The smallest absolute Gasteiger partial charge is 0.305 e. The van der Waals surface area contributed by atoms with E-state index in [0.717, 1.165) is 0 Å². The van der Waals surface area contributed by atoms with Crippen molar-refractivity contribution in [3.8, 4) is 0 Å². The summed E-state index contributed by atoms with van der Waals surface area (Å²) in [5.41, 5.74) is 0. The average molecular weight is 144 g/mol. The Bertz CT molecular complexity index is 127. The predicted octanol–water partition coefficient (Wildman–Crippen LogP) is 0.463. The Morgan fingerprint density at radius 3 is 2.70 bits per heavy atom. The lowest BCUT2D eigenvalue weighted by Crippen LogP contribution is -2.36. The van der Waals surface area contributed by atoms with Gasteiger partial charge in [0, 0.05) is 19.3 Å². The van der Waals surface area contributed by atoms with E-state index in [1.807, 2.05) is 0 Å². The number of rotatable bonds is 2. The Kier molecular flexibility index (Phi) is 2.27. The van der Waals surface area contributed by atoms with E-state index in [9.17, 15) is 4.79 Å². The minimum atomic E-state index is -0.241. The first-order valence-electron chi connectivity index (χ1n) is 3.60. The zero-order valence-electron chi connectivity index (χ0n) is 6.04. The molecular weight excluding hydrogens is 132 g/mol. The monoisotopic (exact) mass is 144 g/mol. The molecule has 10 heavy (non-hydrogen) atoms. The topological polar surface area (TPSA) is 46.5 Å². The molecule has 1 saturated carbocycles. The van der Waals surface area contributed by atoms with Crippen molar-refractivity contribution in [1.82, 2.24) is 0 Å². The summed E-state index contributed by atoms with van der Waals surface area (Å²) in [5, 5.41) is 8.81. The molecule has 0 aliphatic heterocycles. The fraction of sp³-hybridized carbons (Fsp3) is 0.857. The third-order valence-electron chi connectivity index (χ3n) is 1.66. The highest BCUT2D eigenvalue weighted by atomic mass is 16.5. The van der Waals surface area contributed by atoms with Crippen molar-refractivity contribution in [1.29, 1.82) is 0 Å². The van der Waals surface area contributed by atoms with Crippen LogP contribution in [-0.2, 0) is 9.53 Å². The first-order valence-corrected chi connectivity index (χ1v) is 3.60. The van der Waals surface area contributed by atoms with Crippen molar-refractivity contribution in [3.63, 3.8) is 0 Å². The van der Waals surface area contributed by atoms with E-state index >= 15 is 0 Å². The summed E-state index contributed by atoms with van der Waals surface area (Å²) in [6.07, 6.45) is 1.40. The Hall–Kier alpha value is -0.570. The maximum absolute atomic E-state index is 10.6. The number of ether oxygens (including phenoxy) is 1. The number of hydrogen-bond acceptors (Lipinski definition) is 3. The molecule has 0 aromatic heterocycles. The standard InChI is InChI=1S/C7H12O3/c1-2-7(9)10-6-3-5(8)4-6/h5-6,8H,2-4H2,1H3. The number of carbonyl (C=O) groups excluding carboxylic acids is 1. The Morgan fingerprint density at radius 1 is 1.70 bits per heavy atom. The van der Waals surface area contributed by atoms with Crippen LogP contribution in [0.3, 0.4) is 0 Å². The van der Waals surface area contributed by atoms with Crippen LogP contribution in [0.2, 0.25) is 0 Å². The van der Waals surface area contributed by atoms with E-state index in [1.54, 1.807) is 6.92 Å². The molecule has 1 N–H and O–H groups in total. The van der Waals surface area contributed by atoms with E-state index < -0.39 is 0 Å². The second kappa shape index (κ2) is 3.01. The lowest BCUT2D eigenvalue weighted by molar-refractivity contribution is -0.158. The molecule has 0 radical (unpaired) electrons. The highest BCUT2D eigenvalue weighted by Crippen LogP contribution is 2.23. The largest absolute Gasteiger partial charge is 0.462 e. The summed E-state index contributed by atoms with van der Waals surface area (Å²) in [6.45, 7) is 1.76. The highest BCUT2D eigenvalue weighted by molar-refractivity contribution is 5.69. The van der Waals surface area contributed by atoms with Gasteiger partial charge in [-0.2, -0.15) is 0 Å². The van der Waals surface area contributed by atoms with Gasteiger partial charge in [0.1, 0.15) is 6.10 Å². The number of carbonyl (C=O) groups is 1. The molecule has 0 unspecified atom stereocenters. The molecule has 0 saturated heterocycles. The van der Waals surface area contributed by atoms with Gasteiger partial charge in [0.2, 0.25) is 0 Å². The molecule has 0 atom stereocenters. The predicted molar refractivity (Wildman–Crippen MR) is 35.4 cm³/mol. The molecular formula is C7H12O3. The van der Waals surface area contributed by atoms with Crippen LogP contribution < -0.4 is 0 Å². The second-order valence-electron chi connectivity index (χ2n) is 2.59. The second-order valence-corrected chi connectivity index (χ2v) is 2.59. The van der Waals surface area contributed by atoms with Gasteiger partial charge < -0.3 is 9.84 Å². The number of aliphatic hydroxyl groups is 1. The van der Waals surface area contributed by atoms with Crippen molar-refractivity contribution >= 4 is 5.97 Å². The molecule has 3 heteroatoms. The molecule has 58 valence electrons. The highest BCUT2D eigenvalue weighted by Gasteiger charge is 2.29. The first-order chi connectivity index (χ1) is 4.72. The van der Waals surface area contributed by atoms with Crippen LogP contribution in [0.15, 0.2) is 0 Å². The van der Waals surface area contributed by atoms with Crippen molar-refractivity contribution in [3.05, 3.63) is 0 Å². The summed E-state index contributed by atoms with van der Waals surface area (Å²) >= 11 is 0. The summed E-state index contributed by atoms with van der Waals surface area (Å²) in [7, 11) is 0. The first kappa shape index (κ1) is 7.54. The number of aliphatic hydroxyl groups excluding tert-OH is 1. The van der Waals surface area contributed by atoms with E-state index in [-0.39, 0.29) is 18.2 Å². The Balaban J connectivity index is 2.10. The fourth-order valence-corrected chi connectivity index (χ4v) is 0.903. The summed E-state index contributed by atoms with van der Waals surface area (Å²) in [4.78, 5) is 10.6. The normalized spacial score (nSPS) is 31.0. The van der Waals surface area contributed by atoms with Gasteiger partial charge in [-0.05, 0) is 0 Å². The van der Waals surface area contributed by atoms with Crippen molar-refractivity contribution in [2.24, 2.45) is 0 Å². The van der Waals surface area contributed by atoms with Gasteiger partial charge in [0.05, 0.1) is 6.10 Å². The van der Waals surface area contributed by atoms with Gasteiger partial charge >= 0.3 is 5.97 Å². The van der Waals surface area contributed by atoms with E-state index in [1.165, 1.54) is 0 Å². The summed E-state index contributed by atoms with van der Waals surface area (Å²) < 4.78 is 4.91. The average Bonchev–Trinajstić information content (AvgIpc) is 1.84. The molecule has 1 fully saturated rings. The van der Waals surface area contributed by atoms with Gasteiger partial charge in [0.15, 0.2) is 0 Å². The Morgan fingerprint density at radius 2 is 2.30 bits per heavy atom. The SMILES string of the molecule is CCC(=O)OC1CC(O)C1. The van der Waals surface area contributed by atoms with Gasteiger partial charge in [-0.3, -0.25) is 4.79 Å². The van der Waals surface area contributed by atoms with Gasteiger partial charge in [-0.1, -0.05) is 6.92 Å². The van der Waals surface area contributed by atoms with E-state index in [0.29, 0.717) is 19.3 Å². The minimum absolute atomic E-state index is 0.0116. The molecule has 0 spiro atoms. The van der Waals surface area contributed by atoms with Crippen molar-refractivity contribution in [2.45, 2.75) is 38.4 Å². The third-order valence-corrected chi connectivity index (χ3v) is 1.66. The summed E-state index contributed by atoms with van der Waals surface area (Å²) in [6, 6.07) is 0. The fourth-order valence-electron chi connectivity index (χ4n) is 0.903. The minimum Gasteiger partial charge on any atom is -0.462 e. The van der Waals surface area contributed by atoms with Crippen molar-refractivity contribution in [2.75, 3.05) is 0 Å². The van der Waals surface area contributed by atoms with Crippen LogP contribution in [0.25, 0.3) is 0 Å². The van der Waals surface area contributed by atoms with Crippen LogP contribution in [-0.4, -0.2) is 23.3 Å².